The number of primary amides is 1. The van der Waals surface area contributed by atoms with Crippen LogP contribution < -0.4 is 10.5 Å². The van der Waals surface area contributed by atoms with Crippen molar-refractivity contribution >= 4 is 31.9 Å². The quantitative estimate of drug-likeness (QED) is 0.769. The fraction of sp³-hybridized carbons (Fsp3) is 0.182. The lowest BCUT2D eigenvalue weighted by molar-refractivity contribution is -0.119. The number of carbonyl (C=O) groups is 1. The van der Waals surface area contributed by atoms with Gasteiger partial charge in [-0.2, -0.15) is 4.72 Å². The molecule has 0 heterocycles. The van der Waals surface area contributed by atoms with Crippen LogP contribution in [-0.4, -0.2) is 20.4 Å². The first-order chi connectivity index (χ1) is 8.77. The zero-order valence-electron chi connectivity index (χ0n) is 9.56. The molecule has 102 valence electrons. The Morgan fingerprint density at radius 3 is 2.68 bits per heavy atom. The van der Waals surface area contributed by atoms with Gasteiger partial charge in [-0.1, -0.05) is 15.9 Å². The SMILES string of the molecule is C#CCC(NS(=O)(=O)c1ccc(Br)cc1F)C(N)=O. The molecule has 0 aliphatic rings. The van der Waals surface area contributed by atoms with Gasteiger partial charge in [-0.3, -0.25) is 4.79 Å². The Morgan fingerprint density at radius 2 is 2.21 bits per heavy atom. The number of rotatable bonds is 5. The molecule has 0 bridgehead atoms. The summed E-state index contributed by atoms with van der Waals surface area (Å²) in [7, 11) is -4.22. The number of terminal acetylenes is 1. The van der Waals surface area contributed by atoms with E-state index in [0.717, 1.165) is 12.1 Å². The number of nitrogens with one attached hydrogen (secondary N) is 1. The number of sulfonamides is 1. The van der Waals surface area contributed by atoms with Crippen LogP contribution in [0, 0.1) is 18.2 Å². The first-order valence-corrected chi connectivity index (χ1v) is 7.25. The molecule has 1 unspecified atom stereocenters. The van der Waals surface area contributed by atoms with Crippen LogP contribution in [0.1, 0.15) is 6.42 Å². The molecule has 0 fully saturated rings. The second kappa shape index (κ2) is 6.14. The number of carbonyl (C=O) groups excluding carboxylic acids is 1. The number of hydrogen-bond donors (Lipinski definition) is 2. The molecule has 0 radical (unpaired) electrons. The lowest BCUT2D eigenvalue weighted by Crippen LogP contribution is -2.44. The maximum Gasteiger partial charge on any atom is 0.244 e. The minimum absolute atomic E-state index is 0.216. The number of amides is 1. The Bertz CT molecular complexity index is 640. The van der Waals surface area contributed by atoms with E-state index in [1.165, 1.54) is 6.07 Å². The summed E-state index contributed by atoms with van der Waals surface area (Å²) in [4.78, 5) is 10.5. The monoisotopic (exact) mass is 348 g/mol. The standard InChI is InChI=1S/C11H10BrFN2O3S/c1-2-3-9(11(14)16)15-19(17,18)10-5-4-7(12)6-8(10)13/h1,4-6,9,15H,3H2,(H2,14,16). The van der Waals surface area contributed by atoms with Crippen LogP contribution in [0.15, 0.2) is 27.6 Å². The van der Waals surface area contributed by atoms with Gasteiger partial charge in [0.1, 0.15) is 16.8 Å². The molecule has 0 aliphatic heterocycles. The van der Waals surface area contributed by atoms with Crippen molar-refractivity contribution in [3.05, 3.63) is 28.5 Å². The molecular weight excluding hydrogens is 339 g/mol. The smallest absolute Gasteiger partial charge is 0.244 e. The normalized spacial score (nSPS) is 12.7. The second-order valence-electron chi connectivity index (χ2n) is 3.56. The van der Waals surface area contributed by atoms with Crippen molar-refractivity contribution < 1.29 is 17.6 Å². The molecule has 3 N–H and O–H groups in total. The van der Waals surface area contributed by atoms with Gasteiger partial charge in [-0.05, 0) is 18.2 Å². The summed E-state index contributed by atoms with van der Waals surface area (Å²) in [5.41, 5.74) is 5.01. The first-order valence-electron chi connectivity index (χ1n) is 4.98. The van der Waals surface area contributed by atoms with E-state index in [1.54, 1.807) is 0 Å². The van der Waals surface area contributed by atoms with E-state index in [1.807, 2.05) is 4.72 Å². The topological polar surface area (TPSA) is 89.3 Å². The van der Waals surface area contributed by atoms with Gasteiger partial charge in [0, 0.05) is 10.9 Å². The van der Waals surface area contributed by atoms with Crippen LogP contribution in [0.3, 0.4) is 0 Å². The Kier molecular flexibility index (Phi) is 5.05. The molecule has 1 amide bonds. The van der Waals surface area contributed by atoms with Gasteiger partial charge in [0.15, 0.2) is 0 Å². The Labute approximate surface area is 118 Å². The fourth-order valence-corrected chi connectivity index (χ4v) is 2.86. The third-order valence-electron chi connectivity index (χ3n) is 2.15. The van der Waals surface area contributed by atoms with Crippen molar-refractivity contribution in [2.75, 3.05) is 0 Å². The number of nitrogens with two attached hydrogens (primary N) is 1. The van der Waals surface area contributed by atoms with E-state index in [-0.39, 0.29) is 6.42 Å². The van der Waals surface area contributed by atoms with Crippen molar-refractivity contribution in [3.63, 3.8) is 0 Å². The zero-order valence-corrected chi connectivity index (χ0v) is 12.0. The van der Waals surface area contributed by atoms with Crippen LogP contribution in [-0.2, 0) is 14.8 Å². The summed E-state index contributed by atoms with van der Waals surface area (Å²) in [5, 5.41) is 0. The fourth-order valence-electron chi connectivity index (χ4n) is 1.26. The second-order valence-corrected chi connectivity index (χ2v) is 6.16. The molecule has 1 aromatic rings. The highest BCUT2D eigenvalue weighted by molar-refractivity contribution is 9.10. The largest absolute Gasteiger partial charge is 0.368 e. The lowest BCUT2D eigenvalue weighted by Gasteiger charge is -2.13. The van der Waals surface area contributed by atoms with Crippen molar-refractivity contribution in [2.24, 2.45) is 5.73 Å². The molecule has 0 saturated heterocycles. The van der Waals surface area contributed by atoms with Crippen molar-refractivity contribution in [1.82, 2.24) is 4.72 Å². The maximum atomic E-state index is 13.6. The Morgan fingerprint density at radius 1 is 1.58 bits per heavy atom. The van der Waals surface area contributed by atoms with Crippen molar-refractivity contribution in [2.45, 2.75) is 17.4 Å². The molecule has 1 atom stereocenters. The van der Waals surface area contributed by atoms with E-state index < -0.39 is 32.7 Å². The van der Waals surface area contributed by atoms with E-state index in [9.17, 15) is 17.6 Å². The molecule has 0 saturated carbocycles. The summed E-state index contributed by atoms with van der Waals surface area (Å²) < 4.78 is 39.8. The Hall–Kier alpha value is -1.43. The van der Waals surface area contributed by atoms with E-state index in [2.05, 4.69) is 21.9 Å². The van der Waals surface area contributed by atoms with E-state index in [0.29, 0.717) is 4.47 Å². The van der Waals surface area contributed by atoms with Crippen molar-refractivity contribution in [1.29, 1.82) is 0 Å². The van der Waals surface area contributed by atoms with Gasteiger partial charge in [-0.15, -0.1) is 12.3 Å². The molecular formula is C11H10BrFN2O3S. The molecule has 1 rings (SSSR count). The average Bonchev–Trinajstić information content (AvgIpc) is 2.27. The van der Waals surface area contributed by atoms with Crippen LogP contribution in [0.2, 0.25) is 0 Å². The summed E-state index contributed by atoms with van der Waals surface area (Å²) in [5.74, 6) is 0.233. The minimum atomic E-state index is -4.22. The minimum Gasteiger partial charge on any atom is -0.368 e. The Balaban J connectivity index is 3.11. The van der Waals surface area contributed by atoms with E-state index >= 15 is 0 Å². The number of hydrogen-bond acceptors (Lipinski definition) is 3. The van der Waals surface area contributed by atoms with Crippen LogP contribution in [0.5, 0.6) is 0 Å². The third kappa shape index (κ3) is 4.02. The molecule has 0 aliphatic carbocycles. The molecule has 19 heavy (non-hydrogen) atoms. The summed E-state index contributed by atoms with van der Waals surface area (Å²) >= 11 is 3.01. The van der Waals surface area contributed by atoms with Gasteiger partial charge in [0.2, 0.25) is 15.9 Å². The molecule has 5 nitrogen and oxygen atoms in total. The average molecular weight is 349 g/mol. The van der Waals surface area contributed by atoms with Gasteiger partial charge in [0.25, 0.3) is 0 Å². The number of halogens is 2. The first kappa shape index (κ1) is 15.6. The highest BCUT2D eigenvalue weighted by Crippen LogP contribution is 2.19. The summed E-state index contributed by atoms with van der Waals surface area (Å²) in [6, 6.07) is 2.14. The van der Waals surface area contributed by atoms with Gasteiger partial charge in [0.05, 0.1) is 0 Å². The predicted molar refractivity (Wildman–Crippen MR) is 70.9 cm³/mol. The van der Waals surface area contributed by atoms with Crippen LogP contribution >= 0.6 is 15.9 Å². The molecule has 8 heteroatoms. The van der Waals surface area contributed by atoms with Crippen LogP contribution in [0.4, 0.5) is 4.39 Å². The van der Waals surface area contributed by atoms with Gasteiger partial charge >= 0.3 is 0 Å². The molecule has 0 aromatic heterocycles. The summed E-state index contributed by atoms with van der Waals surface area (Å²) in [6.07, 6.45) is 4.79. The third-order valence-corrected chi connectivity index (χ3v) is 4.14. The number of benzene rings is 1. The van der Waals surface area contributed by atoms with E-state index in [4.69, 9.17) is 12.2 Å². The zero-order chi connectivity index (χ0) is 14.6. The predicted octanol–water partition coefficient (Wildman–Crippen LogP) is 0.744. The molecule has 0 spiro atoms. The lowest BCUT2D eigenvalue weighted by atomic mass is 10.2. The highest BCUT2D eigenvalue weighted by Gasteiger charge is 2.25. The molecule has 1 aromatic carbocycles. The summed E-state index contributed by atoms with van der Waals surface area (Å²) in [6.45, 7) is 0. The maximum absolute atomic E-state index is 13.6. The van der Waals surface area contributed by atoms with Gasteiger partial charge in [-0.25, -0.2) is 12.8 Å². The van der Waals surface area contributed by atoms with Crippen molar-refractivity contribution in [3.8, 4) is 12.3 Å². The van der Waals surface area contributed by atoms with Gasteiger partial charge < -0.3 is 5.73 Å². The highest BCUT2D eigenvalue weighted by atomic mass is 79.9. The van der Waals surface area contributed by atoms with Crippen LogP contribution in [0.25, 0.3) is 0 Å².